The van der Waals surface area contributed by atoms with Crippen molar-refractivity contribution in [1.82, 2.24) is 24.6 Å². The Morgan fingerprint density at radius 1 is 1.18 bits per heavy atom. The van der Waals surface area contributed by atoms with E-state index in [4.69, 9.17) is 4.74 Å². The smallest absolute Gasteiger partial charge is 0.254 e. The lowest BCUT2D eigenvalue weighted by Gasteiger charge is -2.43. The molecule has 28 heavy (non-hydrogen) atoms. The van der Waals surface area contributed by atoms with Crippen LogP contribution in [0.1, 0.15) is 23.3 Å². The quantitative estimate of drug-likeness (QED) is 0.505. The number of nitrogens with zero attached hydrogens (tertiary/aromatic N) is 6. The first-order chi connectivity index (χ1) is 13.8. The van der Waals surface area contributed by atoms with E-state index in [-0.39, 0.29) is 5.60 Å². The molecule has 0 amide bonds. The first-order valence-corrected chi connectivity index (χ1v) is 11.1. The molecule has 0 unspecified atom stereocenters. The number of thiophene rings is 1. The standard InChI is InChI=1S/C19H18N6OS2/c1-7-26-19(2-5-24(6-3-19)18-20-4-8-27-18)16-13(1)9-15(28-16)14-10-21-17-23-22-12-25(17)11-14/h4,8-12H,1-3,5-7H2. The van der Waals surface area contributed by atoms with Crippen LogP contribution in [0.5, 0.6) is 0 Å². The third-order valence-corrected chi connectivity index (χ3v) is 7.91. The lowest BCUT2D eigenvalue weighted by atomic mass is 9.85. The average Bonchev–Trinajstić information content (AvgIpc) is 3.48. The van der Waals surface area contributed by atoms with Crippen molar-refractivity contribution in [3.8, 4) is 10.4 Å². The molecule has 0 aromatic carbocycles. The van der Waals surface area contributed by atoms with Gasteiger partial charge in [0.1, 0.15) is 11.9 Å². The van der Waals surface area contributed by atoms with Crippen LogP contribution in [0.25, 0.3) is 16.2 Å². The van der Waals surface area contributed by atoms with Crippen molar-refractivity contribution in [3.05, 3.63) is 46.8 Å². The maximum Gasteiger partial charge on any atom is 0.254 e. The Bertz CT molecular complexity index is 1130. The van der Waals surface area contributed by atoms with Crippen LogP contribution in [-0.2, 0) is 16.8 Å². The third-order valence-electron chi connectivity index (χ3n) is 5.67. The van der Waals surface area contributed by atoms with Crippen molar-refractivity contribution in [1.29, 1.82) is 0 Å². The van der Waals surface area contributed by atoms with Gasteiger partial charge in [-0.2, -0.15) is 0 Å². The fraction of sp³-hybridized carbons (Fsp3) is 0.368. The van der Waals surface area contributed by atoms with Crippen molar-refractivity contribution in [2.24, 2.45) is 0 Å². The van der Waals surface area contributed by atoms with Gasteiger partial charge in [0.2, 0.25) is 0 Å². The highest BCUT2D eigenvalue weighted by Crippen LogP contribution is 2.47. The van der Waals surface area contributed by atoms with Gasteiger partial charge < -0.3 is 9.64 Å². The second kappa shape index (κ2) is 6.33. The molecular weight excluding hydrogens is 392 g/mol. The Kier molecular flexibility index (Phi) is 3.75. The van der Waals surface area contributed by atoms with Crippen molar-refractivity contribution in [2.75, 3.05) is 24.6 Å². The normalized spacial score (nSPS) is 18.6. The molecule has 9 heteroatoms. The number of thiazole rings is 1. The molecule has 0 bridgehead atoms. The van der Waals surface area contributed by atoms with E-state index in [0.29, 0.717) is 5.78 Å². The molecule has 2 aliphatic rings. The Balaban J connectivity index is 1.33. The monoisotopic (exact) mass is 410 g/mol. The lowest BCUT2D eigenvalue weighted by molar-refractivity contribution is -0.0735. The fourth-order valence-corrected chi connectivity index (χ4v) is 6.31. The zero-order valence-electron chi connectivity index (χ0n) is 15.1. The summed E-state index contributed by atoms with van der Waals surface area (Å²) in [6, 6.07) is 2.32. The summed E-state index contributed by atoms with van der Waals surface area (Å²) in [4.78, 5) is 13.9. The van der Waals surface area contributed by atoms with Gasteiger partial charge in [0.25, 0.3) is 5.78 Å². The lowest BCUT2D eigenvalue weighted by Crippen LogP contribution is -2.46. The summed E-state index contributed by atoms with van der Waals surface area (Å²) >= 11 is 3.56. The zero-order valence-corrected chi connectivity index (χ0v) is 16.7. The van der Waals surface area contributed by atoms with E-state index in [0.717, 1.165) is 49.7 Å². The second-order valence-corrected chi connectivity index (χ2v) is 9.17. The topological polar surface area (TPSA) is 68.4 Å². The van der Waals surface area contributed by atoms with E-state index in [1.54, 1.807) is 17.7 Å². The molecule has 6 heterocycles. The number of rotatable bonds is 2. The van der Waals surface area contributed by atoms with Crippen LogP contribution in [0.15, 0.2) is 36.4 Å². The number of hydrogen-bond acceptors (Lipinski definition) is 8. The van der Waals surface area contributed by atoms with E-state index >= 15 is 0 Å². The molecular formula is C19H18N6OS2. The molecule has 1 saturated heterocycles. The Morgan fingerprint density at radius 3 is 2.96 bits per heavy atom. The third kappa shape index (κ3) is 2.57. The summed E-state index contributed by atoms with van der Waals surface area (Å²) in [5.74, 6) is 0.624. The van der Waals surface area contributed by atoms with Crippen LogP contribution in [0.4, 0.5) is 5.13 Å². The van der Waals surface area contributed by atoms with Crippen molar-refractivity contribution in [3.63, 3.8) is 0 Å². The largest absolute Gasteiger partial charge is 0.369 e. The van der Waals surface area contributed by atoms with Crippen LogP contribution in [0.2, 0.25) is 0 Å². The van der Waals surface area contributed by atoms with Gasteiger partial charge in [-0.05, 0) is 30.9 Å². The summed E-state index contributed by atoms with van der Waals surface area (Å²) in [5.41, 5.74) is 2.37. The average molecular weight is 411 g/mol. The van der Waals surface area contributed by atoms with Crippen molar-refractivity contribution in [2.45, 2.75) is 24.9 Å². The maximum absolute atomic E-state index is 6.43. The summed E-state index contributed by atoms with van der Waals surface area (Å²) < 4.78 is 8.30. The van der Waals surface area contributed by atoms with E-state index in [9.17, 15) is 0 Å². The number of anilines is 1. The van der Waals surface area contributed by atoms with Gasteiger partial charge >= 0.3 is 0 Å². The number of ether oxygens (including phenoxy) is 1. The van der Waals surface area contributed by atoms with E-state index < -0.39 is 0 Å². The molecule has 4 aromatic heterocycles. The Labute approximate surface area is 169 Å². The summed E-state index contributed by atoms with van der Waals surface area (Å²) in [5, 5.41) is 11.1. The maximum atomic E-state index is 6.43. The van der Waals surface area contributed by atoms with Gasteiger partial charge in [-0.3, -0.25) is 4.40 Å². The number of fused-ring (bicyclic) bond motifs is 3. The molecule has 4 aromatic rings. The van der Waals surface area contributed by atoms with Gasteiger partial charge in [0, 0.05) is 52.4 Å². The molecule has 142 valence electrons. The van der Waals surface area contributed by atoms with E-state index in [1.165, 1.54) is 15.3 Å². The van der Waals surface area contributed by atoms with Gasteiger partial charge in [-0.15, -0.1) is 32.9 Å². The minimum Gasteiger partial charge on any atom is -0.369 e. The van der Waals surface area contributed by atoms with Gasteiger partial charge in [0.05, 0.1) is 6.61 Å². The predicted molar refractivity (Wildman–Crippen MR) is 109 cm³/mol. The molecule has 0 atom stereocenters. The van der Waals surface area contributed by atoms with Crippen LogP contribution in [0.3, 0.4) is 0 Å². The second-order valence-electron chi connectivity index (χ2n) is 7.24. The molecule has 0 saturated carbocycles. The highest BCUT2D eigenvalue weighted by molar-refractivity contribution is 7.15. The molecule has 0 N–H and O–H groups in total. The van der Waals surface area contributed by atoms with E-state index in [2.05, 4.69) is 37.3 Å². The molecule has 1 spiro atoms. The number of aromatic nitrogens is 5. The first kappa shape index (κ1) is 16.6. The molecule has 7 nitrogen and oxygen atoms in total. The summed E-state index contributed by atoms with van der Waals surface area (Å²) in [7, 11) is 0. The minimum absolute atomic E-state index is 0.154. The molecule has 0 radical (unpaired) electrons. The fourth-order valence-electron chi connectivity index (χ4n) is 4.22. The molecule has 6 rings (SSSR count). The van der Waals surface area contributed by atoms with Crippen molar-refractivity contribution < 1.29 is 4.74 Å². The van der Waals surface area contributed by atoms with Crippen LogP contribution in [-0.4, -0.2) is 44.3 Å². The van der Waals surface area contributed by atoms with Gasteiger partial charge in [0.15, 0.2) is 5.13 Å². The zero-order chi connectivity index (χ0) is 18.6. The van der Waals surface area contributed by atoms with Gasteiger partial charge in [-0.25, -0.2) is 9.97 Å². The van der Waals surface area contributed by atoms with Crippen LogP contribution in [0, 0.1) is 0 Å². The SMILES string of the molecule is c1csc(N2CCC3(CC2)OCCc2cc(-c4cnc5nncn5c4)sc23)n1. The highest BCUT2D eigenvalue weighted by Gasteiger charge is 2.42. The Hall–Kier alpha value is -2.36. The summed E-state index contributed by atoms with van der Waals surface area (Å²) in [6.45, 7) is 2.76. The van der Waals surface area contributed by atoms with Crippen LogP contribution < -0.4 is 4.90 Å². The number of hydrogen-bond donors (Lipinski definition) is 0. The molecule has 2 aliphatic heterocycles. The predicted octanol–water partition coefficient (Wildman–Crippen LogP) is 3.38. The molecule has 1 fully saturated rings. The Morgan fingerprint density at radius 2 is 2.11 bits per heavy atom. The highest BCUT2D eigenvalue weighted by atomic mass is 32.1. The van der Waals surface area contributed by atoms with E-state index in [1.807, 2.05) is 33.5 Å². The van der Waals surface area contributed by atoms with Crippen molar-refractivity contribution >= 4 is 33.6 Å². The van der Waals surface area contributed by atoms with Crippen LogP contribution >= 0.6 is 22.7 Å². The first-order valence-electron chi connectivity index (χ1n) is 9.38. The summed E-state index contributed by atoms with van der Waals surface area (Å²) in [6.07, 6.45) is 10.5. The van der Waals surface area contributed by atoms with Gasteiger partial charge in [-0.1, -0.05) is 0 Å². The molecule has 0 aliphatic carbocycles. The minimum atomic E-state index is -0.154. The number of piperidine rings is 1.